The number of rotatable bonds is 10. The summed E-state index contributed by atoms with van der Waals surface area (Å²) in [5.41, 5.74) is 17.3. The second-order valence-corrected chi connectivity index (χ2v) is 17.3. The molecule has 9 aromatic carbocycles. The third kappa shape index (κ3) is 7.90. The van der Waals surface area contributed by atoms with Gasteiger partial charge in [-0.05, 0) is 106 Å². The van der Waals surface area contributed by atoms with E-state index in [9.17, 15) is 0 Å². The summed E-state index contributed by atoms with van der Waals surface area (Å²) in [6, 6.07) is 79.2. The fourth-order valence-electron chi connectivity index (χ4n) is 9.67. The molecule has 2 heterocycles. The number of hydrogen-bond donors (Lipinski definition) is 1. The van der Waals surface area contributed by atoms with Crippen LogP contribution < -0.4 is 10.2 Å². The molecule has 324 valence electrons. The molecule has 0 amide bonds. The Labute approximate surface area is 396 Å². The zero-order chi connectivity index (χ0) is 45.2. The van der Waals surface area contributed by atoms with Crippen molar-refractivity contribution in [3.8, 4) is 33.4 Å². The number of nitrogens with zero attached hydrogens (tertiary/aromatic N) is 3. The minimum atomic E-state index is -0.362. The Morgan fingerprint density at radius 3 is 1.81 bits per heavy atom. The van der Waals surface area contributed by atoms with Gasteiger partial charge in [-0.25, -0.2) is 9.98 Å². The summed E-state index contributed by atoms with van der Waals surface area (Å²) in [6.45, 7) is 0. The lowest BCUT2D eigenvalue weighted by molar-refractivity contribution is 0.669. The zero-order valence-corrected chi connectivity index (χ0v) is 37.3. The minimum Gasteiger partial charge on any atom is -0.456 e. The standard InChI is InChI=1S/C63H46N4O/c1-5-17-43(18-6-1)45-31-35-51(36-32-45)67(52-37-33-46(34-38-52)44-19-7-2-8-20-44)53-39-40-57-59(42-53)68-58-30-16-29-55(60(57)58)49-25-15-26-50(41-49)62-64-61(48-23-11-4-12-24-48)65-63(66-62)56-28-14-13-27-54(56)47-21-9-3-10-22-47/h1-7,9-19,21-42,63H,8,20H2,(H,64,65,66). The predicted molar refractivity (Wildman–Crippen MR) is 283 cm³/mol. The van der Waals surface area contributed by atoms with Crippen LogP contribution in [0.4, 0.5) is 17.1 Å². The lowest BCUT2D eigenvalue weighted by Gasteiger charge is -2.26. The molecule has 0 saturated carbocycles. The van der Waals surface area contributed by atoms with Crippen molar-refractivity contribution in [2.24, 2.45) is 9.98 Å². The van der Waals surface area contributed by atoms with E-state index in [0.29, 0.717) is 5.84 Å². The van der Waals surface area contributed by atoms with E-state index in [0.717, 1.165) is 96.6 Å². The van der Waals surface area contributed by atoms with Gasteiger partial charge in [-0.1, -0.05) is 188 Å². The maximum Gasteiger partial charge on any atom is 0.159 e. The van der Waals surface area contributed by atoms with E-state index in [-0.39, 0.29) is 6.17 Å². The van der Waals surface area contributed by atoms with Gasteiger partial charge < -0.3 is 14.6 Å². The predicted octanol–water partition coefficient (Wildman–Crippen LogP) is 16.3. The van der Waals surface area contributed by atoms with Gasteiger partial charge >= 0.3 is 0 Å². The average Bonchev–Trinajstić information content (AvgIpc) is 3.81. The maximum absolute atomic E-state index is 6.78. The van der Waals surface area contributed by atoms with Gasteiger partial charge in [0.2, 0.25) is 0 Å². The Bertz CT molecular complexity index is 3570. The molecule has 0 fully saturated rings. The normalized spacial score (nSPS) is 14.5. The summed E-state index contributed by atoms with van der Waals surface area (Å²) < 4.78 is 6.78. The van der Waals surface area contributed by atoms with Crippen LogP contribution in [-0.2, 0) is 0 Å². The summed E-state index contributed by atoms with van der Waals surface area (Å²) in [7, 11) is 0. The van der Waals surface area contributed by atoms with Gasteiger partial charge in [0, 0.05) is 50.6 Å². The van der Waals surface area contributed by atoms with Crippen LogP contribution in [0.5, 0.6) is 0 Å². The molecular formula is C63H46N4O. The molecule has 0 saturated heterocycles. The number of hydrogen-bond acceptors (Lipinski definition) is 5. The summed E-state index contributed by atoms with van der Waals surface area (Å²) in [5.74, 6) is 1.45. The minimum absolute atomic E-state index is 0.362. The molecular weight excluding hydrogens is 829 g/mol. The van der Waals surface area contributed by atoms with Gasteiger partial charge in [0.15, 0.2) is 5.84 Å². The fraction of sp³-hybridized carbons (Fsp3) is 0.0476. The van der Waals surface area contributed by atoms with Crippen LogP contribution in [0.25, 0.3) is 60.9 Å². The van der Waals surface area contributed by atoms with Crippen molar-refractivity contribution < 1.29 is 4.42 Å². The third-order valence-corrected chi connectivity index (χ3v) is 13.0. The number of amidine groups is 2. The maximum atomic E-state index is 6.78. The van der Waals surface area contributed by atoms with Gasteiger partial charge in [-0.15, -0.1) is 0 Å². The van der Waals surface area contributed by atoms with Crippen molar-refractivity contribution in [2.45, 2.75) is 19.0 Å². The summed E-state index contributed by atoms with van der Waals surface area (Å²) in [4.78, 5) is 12.7. The summed E-state index contributed by atoms with van der Waals surface area (Å²) in [5, 5.41) is 5.87. The Kier molecular flexibility index (Phi) is 10.7. The Hall–Kier alpha value is -8.80. The van der Waals surface area contributed by atoms with E-state index in [1.54, 1.807) is 0 Å². The van der Waals surface area contributed by atoms with Crippen LogP contribution in [-0.4, -0.2) is 11.7 Å². The molecule has 0 spiro atoms. The molecule has 12 rings (SSSR count). The molecule has 5 nitrogen and oxygen atoms in total. The SMILES string of the molecule is C1=CCCC(c2ccc(N(c3ccc(-c4ccccc4)cc3)c3ccc4c(c3)oc3cccc(-c5cccc(C6=NC(c7ccccc7)=NC(c7ccccc7-c7ccccc7)N6)c5)c34)cc2)=C1. The molecule has 1 aliphatic heterocycles. The lowest BCUT2D eigenvalue weighted by atomic mass is 9.96. The van der Waals surface area contributed by atoms with Crippen molar-refractivity contribution >= 4 is 56.2 Å². The van der Waals surface area contributed by atoms with Crippen LogP contribution in [0, 0.1) is 0 Å². The lowest BCUT2D eigenvalue weighted by Crippen LogP contribution is -2.33. The van der Waals surface area contributed by atoms with Gasteiger partial charge in [0.05, 0.1) is 0 Å². The number of benzene rings is 9. The third-order valence-electron chi connectivity index (χ3n) is 13.0. The highest BCUT2D eigenvalue weighted by molar-refractivity contribution is 6.15. The van der Waals surface area contributed by atoms with Crippen LogP contribution in [0.15, 0.2) is 257 Å². The first-order valence-corrected chi connectivity index (χ1v) is 23.3. The first-order valence-electron chi connectivity index (χ1n) is 23.3. The van der Waals surface area contributed by atoms with Crippen molar-refractivity contribution in [3.63, 3.8) is 0 Å². The van der Waals surface area contributed by atoms with E-state index in [2.05, 4.69) is 229 Å². The Morgan fingerprint density at radius 1 is 0.471 bits per heavy atom. The number of aliphatic imine (C=N–C) groups is 2. The number of allylic oxidation sites excluding steroid dienone is 4. The van der Waals surface area contributed by atoms with Gasteiger partial charge in [0.25, 0.3) is 0 Å². The molecule has 1 aromatic heterocycles. The summed E-state index contributed by atoms with van der Waals surface area (Å²) >= 11 is 0. The highest BCUT2D eigenvalue weighted by Gasteiger charge is 2.24. The molecule has 2 aliphatic rings. The molecule has 68 heavy (non-hydrogen) atoms. The second-order valence-electron chi connectivity index (χ2n) is 17.3. The first-order chi connectivity index (χ1) is 33.7. The highest BCUT2D eigenvalue weighted by Crippen LogP contribution is 2.42. The van der Waals surface area contributed by atoms with Crippen LogP contribution >= 0.6 is 0 Å². The van der Waals surface area contributed by atoms with E-state index in [1.807, 2.05) is 24.3 Å². The number of furan rings is 1. The number of fused-ring (bicyclic) bond motifs is 3. The van der Waals surface area contributed by atoms with Gasteiger partial charge in [-0.3, -0.25) is 0 Å². The highest BCUT2D eigenvalue weighted by atomic mass is 16.3. The van der Waals surface area contributed by atoms with Gasteiger partial charge in [0.1, 0.15) is 23.2 Å². The van der Waals surface area contributed by atoms with Gasteiger partial charge in [-0.2, -0.15) is 0 Å². The zero-order valence-electron chi connectivity index (χ0n) is 37.3. The number of nitrogens with one attached hydrogen (secondary N) is 1. The number of anilines is 3. The van der Waals surface area contributed by atoms with Crippen molar-refractivity contribution in [3.05, 3.63) is 265 Å². The van der Waals surface area contributed by atoms with Crippen LogP contribution in [0.1, 0.15) is 41.3 Å². The quantitative estimate of drug-likeness (QED) is 0.149. The molecule has 5 heteroatoms. The topological polar surface area (TPSA) is 53.1 Å². The van der Waals surface area contributed by atoms with E-state index in [4.69, 9.17) is 14.4 Å². The van der Waals surface area contributed by atoms with E-state index < -0.39 is 0 Å². The second kappa shape index (κ2) is 17.9. The smallest absolute Gasteiger partial charge is 0.159 e. The van der Waals surface area contributed by atoms with Crippen molar-refractivity contribution in [2.75, 3.05) is 4.90 Å². The van der Waals surface area contributed by atoms with Crippen LogP contribution in [0.2, 0.25) is 0 Å². The monoisotopic (exact) mass is 874 g/mol. The van der Waals surface area contributed by atoms with E-state index in [1.165, 1.54) is 22.3 Å². The van der Waals surface area contributed by atoms with Crippen LogP contribution in [0.3, 0.4) is 0 Å². The largest absolute Gasteiger partial charge is 0.456 e. The molecule has 1 aliphatic carbocycles. The molecule has 1 N–H and O–H groups in total. The molecule has 1 unspecified atom stereocenters. The average molecular weight is 875 g/mol. The molecule has 1 atom stereocenters. The molecule has 0 radical (unpaired) electrons. The molecule has 0 bridgehead atoms. The Morgan fingerprint density at radius 2 is 1.07 bits per heavy atom. The van der Waals surface area contributed by atoms with E-state index >= 15 is 0 Å². The van der Waals surface area contributed by atoms with Crippen molar-refractivity contribution in [1.29, 1.82) is 0 Å². The fourth-order valence-corrected chi connectivity index (χ4v) is 9.67. The molecule has 10 aromatic rings. The Balaban J connectivity index is 0.921. The first kappa shape index (κ1) is 40.7. The summed E-state index contributed by atoms with van der Waals surface area (Å²) in [6.07, 6.45) is 8.39. The van der Waals surface area contributed by atoms with Crippen molar-refractivity contribution in [1.82, 2.24) is 5.32 Å².